The van der Waals surface area contributed by atoms with Crippen LogP contribution in [0.4, 0.5) is 5.69 Å². The molecule has 0 bridgehead atoms. The lowest BCUT2D eigenvalue weighted by Gasteiger charge is -2.08. The molecule has 6 heteroatoms. The van der Waals surface area contributed by atoms with Crippen molar-refractivity contribution in [3.8, 4) is 17.2 Å². The molecule has 0 spiro atoms. The number of hydrogen-bond donors (Lipinski definition) is 0. The second-order valence-corrected chi connectivity index (χ2v) is 4.83. The van der Waals surface area contributed by atoms with Crippen molar-refractivity contribution in [1.82, 2.24) is 0 Å². The summed E-state index contributed by atoms with van der Waals surface area (Å²) >= 11 is 0. The van der Waals surface area contributed by atoms with E-state index in [4.69, 9.17) is 14.2 Å². The molecule has 0 aliphatic rings. The first-order valence-corrected chi connectivity index (χ1v) is 7.33. The first-order valence-electron chi connectivity index (χ1n) is 7.33. The Morgan fingerprint density at radius 2 is 1.52 bits per heavy atom. The van der Waals surface area contributed by atoms with Gasteiger partial charge in [0.1, 0.15) is 17.2 Å². The molecule has 2 aromatic carbocycles. The molecule has 6 nitrogen and oxygen atoms in total. The minimum Gasteiger partial charge on any atom is -0.497 e. The highest BCUT2D eigenvalue weighted by Crippen LogP contribution is 2.19. The van der Waals surface area contributed by atoms with E-state index in [9.17, 15) is 10.1 Å². The van der Waals surface area contributed by atoms with E-state index < -0.39 is 4.92 Å². The van der Waals surface area contributed by atoms with Gasteiger partial charge in [-0.25, -0.2) is 0 Å². The number of non-ortho nitro benzene ring substituents is 1. The summed E-state index contributed by atoms with van der Waals surface area (Å²) in [5.41, 5.74) is 0.0593. The van der Waals surface area contributed by atoms with E-state index in [2.05, 4.69) is 0 Å². The van der Waals surface area contributed by atoms with Gasteiger partial charge in [0, 0.05) is 18.2 Å². The Kier molecular flexibility index (Phi) is 6.23. The highest BCUT2D eigenvalue weighted by atomic mass is 16.6. The first-order chi connectivity index (χ1) is 11.2. The molecular formula is C17H19NO5. The monoisotopic (exact) mass is 317 g/mol. The number of rotatable bonds is 9. The maximum absolute atomic E-state index is 10.5. The molecule has 0 aromatic heterocycles. The highest BCUT2D eigenvalue weighted by molar-refractivity contribution is 5.36. The Balaban J connectivity index is 1.63. The number of nitro groups is 1. The summed E-state index contributed by atoms with van der Waals surface area (Å²) in [6, 6.07) is 13.5. The Morgan fingerprint density at radius 3 is 2.13 bits per heavy atom. The second kappa shape index (κ2) is 8.63. The molecule has 23 heavy (non-hydrogen) atoms. The second-order valence-electron chi connectivity index (χ2n) is 4.83. The molecule has 0 amide bonds. The van der Waals surface area contributed by atoms with Crippen LogP contribution in [0.15, 0.2) is 48.5 Å². The summed E-state index contributed by atoms with van der Waals surface area (Å²) in [6.07, 6.45) is 1.69. The van der Waals surface area contributed by atoms with Crippen molar-refractivity contribution in [2.75, 3.05) is 20.3 Å². The van der Waals surface area contributed by atoms with Crippen LogP contribution >= 0.6 is 0 Å². The van der Waals surface area contributed by atoms with Crippen LogP contribution in [0, 0.1) is 10.1 Å². The topological polar surface area (TPSA) is 70.8 Å². The number of nitrogens with zero attached hydrogens (tertiary/aromatic N) is 1. The van der Waals surface area contributed by atoms with E-state index >= 15 is 0 Å². The van der Waals surface area contributed by atoms with Crippen LogP contribution < -0.4 is 14.2 Å². The van der Waals surface area contributed by atoms with E-state index in [1.54, 1.807) is 19.2 Å². The van der Waals surface area contributed by atoms with Crippen molar-refractivity contribution >= 4 is 5.69 Å². The van der Waals surface area contributed by atoms with Crippen molar-refractivity contribution in [1.29, 1.82) is 0 Å². The van der Waals surface area contributed by atoms with Gasteiger partial charge >= 0.3 is 0 Å². The highest BCUT2D eigenvalue weighted by Gasteiger charge is 2.04. The zero-order chi connectivity index (χ0) is 16.5. The molecule has 0 aliphatic carbocycles. The van der Waals surface area contributed by atoms with Gasteiger partial charge in [0.2, 0.25) is 0 Å². The molecule has 2 rings (SSSR count). The summed E-state index contributed by atoms with van der Waals surface area (Å²) in [7, 11) is 1.62. The smallest absolute Gasteiger partial charge is 0.269 e. The van der Waals surface area contributed by atoms with Gasteiger partial charge in [0.15, 0.2) is 0 Å². The van der Waals surface area contributed by atoms with Crippen LogP contribution in [0.5, 0.6) is 17.2 Å². The van der Waals surface area contributed by atoms with Crippen LogP contribution in [-0.2, 0) is 0 Å². The summed E-state index contributed by atoms with van der Waals surface area (Å²) in [4.78, 5) is 10.1. The van der Waals surface area contributed by atoms with E-state index in [1.807, 2.05) is 24.3 Å². The molecule has 0 heterocycles. The Labute approximate surface area is 134 Å². The quantitative estimate of drug-likeness (QED) is 0.399. The lowest BCUT2D eigenvalue weighted by molar-refractivity contribution is -0.384. The summed E-state index contributed by atoms with van der Waals surface area (Å²) < 4.78 is 16.3. The van der Waals surface area contributed by atoms with Gasteiger partial charge in [-0.3, -0.25) is 10.1 Å². The first kappa shape index (κ1) is 16.6. The third kappa shape index (κ3) is 5.50. The predicted molar refractivity (Wildman–Crippen MR) is 86.3 cm³/mol. The molecular weight excluding hydrogens is 298 g/mol. The number of benzene rings is 2. The number of ether oxygens (including phenoxy) is 3. The molecule has 0 saturated carbocycles. The van der Waals surface area contributed by atoms with Gasteiger partial charge < -0.3 is 14.2 Å². The molecule has 0 radical (unpaired) electrons. The summed E-state index contributed by atoms with van der Waals surface area (Å²) in [6.45, 7) is 1.13. The van der Waals surface area contributed by atoms with E-state index in [0.717, 1.165) is 24.3 Å². The third-order valence-electron chi connectivity index (χ3n) is 3.16. The maximum atomic E-state index is 10.5. The largest absolute Gasteiger partial charge is 0.497 e. The molecule has 122 valence electrons. The van der Waals surface area contributed by atoms with Crippen LogP contribution in [0.25, 0.3) is 0 Å². The summed E-state index contributed by atoms with van der Waals surface area (Å²) in [5, 5.41) is 10.5. The SMILES string of the molecule is COc1cccc(OCCCCOc2ccc([N+](=O)[O-])cc2)c1. The molecule has 0 atom stereocenters. The van der Waals surface area contributed by atoms with Crippen LogP contribution in [0.3, 0.4) is 0 Å². The average Bonchev–Trinajstić information content (AvgIpc) is 2.58. The number of methoxy groups -OCH3 is 1. The Morgan fingerprint density at radius 1 is 0.913 bits per heavy atom. The number of hydrogen-bond acceptors (Lipinski definition) is 5. The van der Waals surface area contributed by atoms with Crippen LogP contribution in [0.1, 0.15) is 12.8 Å². The molecule has 2 aromatic rings. The Hall–Kier alpha value is -2.76. The lowest BCUT2D eigenvalue weighted by Crippen LogP contribution is -2.02. The van der Waals surface area contributed by atoms with Gasteiger partial charge in [-0.05, 0) is 37.1 Å². The van der Waals surface area contributed by atoms with Gasteiger partial charge in [-0.2, -0.15) is 0 Å². The normalized spacial score (nSPS) is 10.1. The van der Waals surface area contributed by atoms with Crippen LogP contribution in [0.2, 0.25) is 0 Å². The number of unbranched alkanes of at least 4 members (excludes halogenated alkanes) is 1. The van der Waals surface area contributed by atoms with E-state index in [0.29, 0.717) is 19.0 Å². The van der Waals surface area contributed by atoms with Crippen molar-refractivity contribution < 1.29 is 19.1 Å². The third-order valence-corrected chi connectivity index (χ3v) is 3.16. The van der Waals surface area contributed by atoms with Gasteiger partial charge in [-0.1, -0.05) is 6.07 Å². The number of nitro benzene ring substituents is 1. The molecule has 0 fully saturated rings. The van der Waals surface area contributed by atoms with Crippen LogP contribution in [-0.4, -0.2) is 25.2 Å². The van der Waals surface area contributed by atoms with Crippen molar-refractivity contribution in [2.24, 2.45) is 0 Å². The van der Waals surface area contributed by atoms with Crippen molar-refractivity contribution in [3.63, 3.8) is 0 Å². The van der Waals surface area contributed by atoms with E-state index in [1.165, 1.54) is 12.1 Å². The molecule has 0 unspecified atom stereocenters. The predicted octanol–water partition coefficient (Wildman–Crippen LogP) is 3.84. The molecule has 0 saturated heterocycles. The van der Waals surface area contributed by atoms with Gasteiger partial charge in [0.05, 0.1) is 25.2 Å². The fraction of sp³-hybridized carbons (Fsp3) is 0.294. The van der Waals surface area contributed by atoms with Crippen molar-refractivity contribution in [2.45, 2.75) is 12.8 Å². The molecule has 0 N–H and O–H groups in total. The average molecular weight is 317 g/mol. The standard InChI is InChI=1S/C17H19NO5/c1-21-16-5-4-6-17(13-16)23-12-3-2-11-22-15-9-7-14(8-10-15)18(19)20/h4-10,13H,2-3,11-12H2,1H3. The zero-order valence-electron chi connectivity index (χ0n) is 12.9. The minimum absolute atomic E-state index is 0.0593. The molecule has 0 aliphatic heterocycles. The maximum Gasteiger partial charge on any atom is 0.269 e. The fourth-order valence-corrected chi connectivity index (χ4v) is 1.94. The van der Waals surface area contributed by atoms with E-state index in [-0.39, 0.29) is 5.69 Å². The lowest BCUT2D eigenvalue weighted by atomic mass is 10.3. The van der Waals surface area contributed by atoms with Gasteiger partial charge in [0.25, 0.3) is 5.69 Å². The van der Waals surface area contributed by atoms with Crippen molar-refractivity contribution in [3.05, 3.63) is 58.6 Å². The fourth-order valence-electron chi connectivity index (χ4n) is 1.94. The van der Waals surface area contributed by atoms with Gasteiger partial charge in [-0.15, -0.1) is 0 Å². The summed E-state index contributed by atoms with van der Waals surface area (Å²) in [5.74, 6) is 2.17. The zero-order valence-corrected chi connectivity index (χ0v) is 12.9. The minimum atomic E-state index is -0.431. The Bertz CT molecular complexity index is 627.